The van der Waals surface area contributed by atoms with Gasteiger partial charge >= 0.3 is 0 Å². The Morgan fingerprint density at radius 1 is 1.16 bits per heavy atom. The van der Waals surface area contributed by atoms with Crippen molar-refractivity contribution in [1.82, 2.24) is 10.2 Å². The third-order valence-corrected chi connectivity index (χ3v) is 5.86. The fraction of sp³-hybridized carbons (Fsp3) is 0.750. The molecule has 3 rings (SSSR count). The van der Waals surface area contributed by atoms with Gasteiger partial charge in [0, 0.05) is 28.9 Å². The highest BCUT2D eigenvalue weighted by molar-refractivity contribution is 7.11. The van der Waals surface area contributed by atoms with Crippen molar-refractivity contribution in [3.05, 3.63) is 21.9 Å². The highest BCUT2D eigenvalue weighted by Gasteiger charge is 2.33. The third kappa shape index (κ3) is 3.21. The van der Waals surface area contributed by atoms with E-state index in [1.54, 1.807) is 4.88 Å². The van der Waals surface area contributed by atoms with Crippen LogP contribution in [0.3, 0.4) is 0 Å². The Bertz CT molecular complexity index is 399. The van der Waals surface area contributed by atoms with Gasteiger partial charge < -0.3 is 5.32 Å². The maximum atomic E-state index is 3.24. The van der Waals surface area contributed by atoms with Crippen LogP contribution in [0.2, 0.25) is 0 Å². The first-order valence-corrected chi connectivity index (χ1v) is 8.64. The predicted molar refractivity (Wildman–Crippen MR) is 82.5 cm³/mol. The molecule has 0 bridgehead atoms. The van der Waals surface area contributed by atoms with Crippen molar-refractivity contribution >= 4 is 11.3 Å². The molecule has 2 aliphatic rings. The van der Waals surface area contributed by atoms with Crippen LogP contribution in [-0.2, 0) is 13.1 Å². The molecule has 3 heteroatoms. The summed E-state index contributed by atoms with van der Waals surface area (Å²) in [5.41, 5.74) is 0. The van der Waals surface area contributed by atoms with Crippen LogP contribution in [0.5, 0.6) is 0 Å². The first-order chi connectivity index (χ1) is 9.36. The number of likely N-dealkylation sites (tertiary alicyclic amines) is 1. The van der Waals surface area contributed by atoms with Gasteiger partial charge in [0.15, 0.2) is 0 Å². The minimum absolute atomic E-state index is 0.886. The molecule has 1 aliphatic heterocycles. The fourth-order valence-corrected chi connectivity index (χ4v) is 4.96. The zero-order valence-corrected chi connectivity index (χ0v) is 12.8. The van der Waals surface area contributed by atoms with Crippen molar-refractivity contribution in [3.63, 3.8) is 0 Å². The van der Waals surface area contributed by atoms with Crippen molar-refractivity contribution in [3.8, 4) is 0 Å². The number of rotatable bonds is 4. The number of hydrogen-bond donors (Lipinski definition) is 1. The molecule has 1 saturated heterocycles. The molecule has 2 nitrogen and oxygen atoms in total. The number of nitrogens with one attached hydrogen (secondary N) is 1. The lowest BCUT2D eigenvalue weighted by atomic mass is 9.78. The zero-order chi connectivity index (χ0) is 13.1. The molecule has 0 radical (unpaired) electrons. The van der Waals surface area contributed by atoms with Gasteiger partial charge in [-0.05, 0) is 57.3 Å². The molecule has 1 aromatic heterocycles. The van der Waals surface area contributed by atoms with Crippen LogP contribution in [0.1, 0.15) is 48.3 Å². The van der Waals surface area contributed by atoms with E-state index in [0.29, 0.717) is 0 Å². The lowest BCUT2D eigenvalue weighted by molar-refractivity contribution is 0.0555. The topological polar surface area (TPSA) is 15.3 Å². The normalized spacial score (nSPS) is 28.3. The molecule has 0 spiro atoms. The molecule has 2 fully saturated rings. The van der Waals surface area contributed by atoms with Gasteiger partial charge in [-0.3, -0.25) is 4.90 Å². The van der Waals surface area contributed by atoms with Gasteiger partial charge in [-0.2, -0.15) is 0 Å². The van der Waals surface area contributed by atoms with Gasteiger partial charge in [-0.25, -0.2) is 0 Å². The first-order valence-electron chi connectivity index (χ1n) is 7.83. The summed E-state index contributed by atoms with van der Waals surface area (Å²) in [5, 5.41) is 3.24. The van der Waals surface area contributed by atoms with E-state index in [1.165, 1.54) is 56.5 Å². The van der Waals surface area contributed by atoms with Crippen LogP contribution in [-0.4, -0.2) is 24.5 Å². The summed E-state index contributed by atoms with van der Waals surface area (Å²) in [6.45, 7) is 3.52. The second kappa shape index (κ2) is 6.38. The molecule has 19 heavy (non-hydrogen) atoms. The van der Waals surface area contributed by atoms with Gasteiger partial charge in [0.2, 0.25) is 0 Å². The van der Waals surface area contributed by atoms with Crippen LogP contribution >= 0.6 is 11.3 Å². The molecule has 1 saturated carbocycles. The molecule has 106 valence electrons. The van der Waals surface area contributed by atoms with E-state index < -0.39 is 0 Å². The summed E-state index contributed by atoms with van der Waals surface area (Å²) < 4.78 is 0. The van der Waals surface area contributed by atoms with Gasteiger partial charge in [-0.15, -0.1) is 11.3 Å². The Labute approximate surface area is 121 Å². The molecule has 2 atom stereocenters. The van der Waals surface area contributed by atoms with Gasteiger partial charge in [0.1, 0.15) is 0 Å². The molecule has 0 amide bonds. The monoisotopic (exact) mass is 278 g/mol. The van der Waals surface area contributed by atoms with E-state index in [0.717, 1.165) is 18.5 Å². The minimum Gasteiger partial charge on any atom is -0.315 e. The number of fused-ring (bicyclic) bond motifs is 1. The average Bonchev–Trinajstić information content (AvgIpc) is 2.87. The van der Waals surface area contributed by atoms with Crippen LogP contribution in [0.25, 0.3) is 0 Å². The molecule has 2 unspecified atom stereocenters. The molecule has 1 N–H and O–H groups in total. The average molecular weight is 278 g/mol. The molecule has 2 heterocycles. The summed E-state index contributed by atoms with van der Waals surface area (Å²) in [6.07, 6.45) is 8.75. The van der Waals surface area contributed by atoms with Crippen LogP contribution in [0, 0.1) is 5.92 Å². The largest absolute Gasteiger partial charge is 0.315 e. The number of piperidine rings is 1. The van der Waals surface area contributed by atoms with Crippen molar-refractivity contribution in [2.45, 2.75) is 57.7 Å². The standard InChI is InChI=1S/C16H26N2S/c1-17-11-14-8-9-15(19-14)12-18-10-4-6-13-5-2-3-7-16(13)18/h8-9,13,16-17H,2-7,10-12H2,1H3. The van der Waals surface area contributed by atoms with Crippen molar-refractivity contribution < 1.29 is 0 Å². The Kier molecular flexibility index (Phi) is 4.57. The van der Waals surface area contributed by atoms with Crippen LogP contribution < -0.4 is 5.32 Å². The molecule has 0 aromatic carbocycles. The fourth-order valence-electron chi connectivity index (χ4n) is 3.90. The predicted octanol–water partition coefficient (Wildman–Crippen LogP) is 3.62. The van der Waals surface area contributed by atoms with E-state index >= 15 is 0 Å². The number of thiophene rings is 1. The van der Waals surface area contributed by atoms with E-state index in [2.05, 4.69) is 22.3 Å². The van der Waals surface area contributed by atoms with Crippen molar-refractivity contribution in [2.75, 3.05) is 13.6 Å². The van der Waals surface area contributed by atoms with Crippen LogP contribution in [0.4, 0.5) is 0 Å². The maximum absolute atomic E-state index is 3.24. The van der Waals surface area contributed by atoms with E-state index in [1.807, 2.05) is 18.4 Å². The highest BCUT2D eigenvalue weighted by Crippen LogP contribution is 2.36. The maximum Gasteiger partial charge on any atom is 0.0331 e. The van der Waals surface area contributed by atoms with E-state index in [4.69, 9.17) is 0 Å². The Balaban J connectivity index is 1.63. The number of hydrogen-bond acceptors (Lipinski definition) is 3. The molecular formula is C16H26N2S. The summed E-state index contributed by atoms with van der Waals surface area (Å²) in [4.78, 5) is 5.80. The van der Waals surface area contributed by atoms with Crippen molar-refractivity contribution in [2.24, 2.45) is 5.92 Å². The van der Waals surface area contributed by atoms with Crippen molar-refractivity contribution in [1.29, 1.82) is 0 Å². The summed E-state index contributed by atoms with van der Waals surface area (Å²) in [5.74, 6) is 0.999. The van der Waals surface area contributed by atoms with Crippen LogP contribution in [0.15, 0.2) is 12.1 Å². The Morgan fingerprint density at radius 3 is 2.84 bits per heavy atom. The van der Waals surface area contributed by atoms with E-state index in [-0.39, 0.29) is 0 Å². The lowest BCUT2D eigenvalue weighted by Gasteiger charge is -2.44. The minimum atomic E-state index is 0.886. The van der Waals surface area contributed by atoms with Gasteiger partial charge in [0.25, 0.3) is 0 Å². The first kappa shape index (κ1) is 13.6. The van der Waals surface area contributed by atoms with E-state index in [9.17, 15) is 0 Å². The van der Waals surface area contributed by atoms with Gasteiger partial charge in [-0.1, -0.05) is 12.8 Å². The number of nitrogens with zero attached hydrogens (tertiary/aromatic N) is 1. The lowest BCUT2D eigenvalue weighted by Crippen LogP contribution is -2.46. The molecular weight excluding hydrogens is 252 g/mol. The second-order valence-electron chi connectivity index (χ2n) is 6.12. The second-order valence-corrected chi connectivity index (χ2v) is 7.38. The Hall–Kier alpha value is -0.380. The van der Waals surface area contributed by atoms with Gasteiger partial charge in [0.05, 0.1) is 0 Å². The summed E-state index contributed by atoms with van der Waals surface area (Å²) in [7, 11) is 2.02. The zero-order valence-electron chi connectivity index (χ0n) is 12.0. The molecule has 1 aromatic rings. The summed E-state index contributed by atoms with van der Waals surface area (Å²) in [6, 6.07) is 5.51. The highest BCUT2D eigenvalue weighted by atomic mass is 32.1. The quantitative estimate of drug-likeness (QED) is 0.905. The third-order valence-electron chi connectivity index (χ3n) is 4.79. The molecule has 1 aliphatic carbocycles. The SMILES string of the molecule is CNCc1ccc(CN2CCCC3CCCCC32)s1. The smallest absolute Gasteiger partial charge is 0.0331 e. The Morgan fingerprint density at radius 2 is 1.95 bits per heavy atom. The summed E-state index contributed by atoms with van der Waals surface area (Å²) >= 11 is 1.99.